The standard InChI is InChI=1S/C17H19N3OS/c21-16(8-14-7-11-3-4-12(14)6-11)20-17-19-15(10-22-17)13-2-1-5-18-9-13/h1-2,5,9-12,14H,3-4,6-8H2,(H,19,20,21)/t11-,12-,14+/m1/s1. The molecule has 2 saturated carbocycles. The number of aromatic nitrogens is 2. The molecule has 0 aromatic carbocycles. The molecule has 2 heterocycles. The normalized spacial score (nSPS) is 26.3. The van der Waals surface area contributed by atoms with Crippen LogP contribution in [0.1, 0.15) is 32.1 Å². The number of anilines is 1. The number of pyridine rings is 1. The molecule has 0 aliphatic heterocycles. The van der Waals surface area contributed by atoms with Crippen molar-refractivity contribution in [3.63, 3.8) is 0 Å². The topological polar surface area (TPSA) is 54.9 Å². The molecule has 2 aromatic rings. The minimum atomic E-state index is 0.115. The first kappa shape index (κ1) is 13.9. The maximum atomic E-state index is 12.2. The van der Waals surface area contributed by atoms with Crippen LogP contribution < -0.4 is 5.32 Å². The van der Waals surface area contributed by atoms with Crippen molar-refractivity contribution < 1.29 is 4.79 Å². The first-order valence-corrected chi connectivity index (χ1v) is 8.81. The molecule has 4 rings (SSSR count). The average Bonchev–Trinajstić information content (AvgIpc) is 3.24. The monoisotopic (exact) mass is 313 g/mol. The highest BCUT2D eigenvalue weighted by atomic mass is 32.1. The summed E-state index contributed by atoms with van der Waals surface area (Å²) in [6.07, 6.45) is 9.48. The Morgan fingerprint density at radius 3 is 3.05 bits per heavy atom. The van der Waals surface area contributed by atoms with Gasteiger partial charge in [-0.25, -0.2) is 4.98 Å². The zero-order chi connectivity index (χ0) is 14.9. The summed E-state index contributed by atoms with van der Waals surface area (Å²) in [7, 11) is 0. The van der Waals surface area contributed by atoms with Crippen molar-refractivity contribution in [1.29, 1.82) is 0 Å². The lowest BCUT2D eigenvalue weighted by Crippen LogP contribution is -2.20. The van der Waals surface area contributed by atoms with Gasteiger partial charge in [0, 0.05) is 29.8 Å². The van der Waals surface area contributed by atoms with E-state index < -0.39 is 0 Å². The van der Waals surface area contributed by atoms with Crippen LogP contribution in [0.2, 0.25) is 0 Å². The zero-order valence-electron chi connectivity index (χ0n) is 12.4. The highest BCUT2D eigenvalue weighted by molar-refractivity contribution is 7.14. The van der Waals surface area contributed by atoms with Crippen LogP contribution >= 0.6 is 11.3 Å². The van der Waals surface area contributed by atoms with E-state index in [-0.39, 0.29) is 5.91 Å². The van der Waals surface area contributed by atoms with Gasteiger partial charge in [-0.2, -0.15) is 0 Å². The average molecular weight is 313 g/mol. The summed E-state index contributed by atoms with van der Waals surface area (Å²) in [5.74, 6) is 2.39. The van der Waals surface area contributed by atoms with Crippen LogP contribution in [0.25, 0.3) is 11.3 Å². The Balaban J connectivity index is 1.37. The molecule has 1 N–H and O–H groups in total. The van der Waals surface area contributed by atoms with E-state index in [0.29, 0.717) is 17.5 Å². The second-order valence-corrected chi connectivity index (χ2v) is 7.32. The largest absolute Gasteiger partial charge is 0.302 e. The van der Waals surface area contributed by atoms with Crippen molar-refractivity contribution in [3.05, 3.63) is 29.9 Å². The summed E-state index contributed by atoms with van der Waals surface area (Å²) in [4.78, 5) is 20.8. The number of carbonyl (C=O) groups excluding carboxylic acids is 1. The van der Waals surface area contributed by atoms with E-state index in [1.54, 1.807) is 12.4 Å². The molecular formula is C17H19N3OS. The highest BCUT2D eigenvalue weighted by Gasteiger charge is 2.40. The van der Waals surface area contributed by atoms with Crippen molar-refractivity contribution in [2.45, 2.75) is 32.1 Å². The van der Waals surface area contributed by atoms with E-state index in [9.17, 15) is 4.79 Å². The number of rotatable bonds is 4. The molecule has 3 atom stereocenters. The maximum absolute atomic E-state index is 12.2. The fourth-order valence-electron chi connectivity index (χ4n) is 4.01. The molecule has 2 fully saturated rings. The highest BCUT2D eigenvalue weighted by Crippen LogP contribution is 2.49. The summed E-state index contributed by atoms with van der Waals surface area (Å²) in [5, 5.41) is 5.62. The number of fused-ring (bicyclic) bond motifs is 2. The molecular weight excluding hydrogens is 294 g/mol. The van der Waals surface area contributed by atoms with E-state index in [1.807, 2.05) is 17.5 Å². The van der Waals surface area contributed by atoms with Crippen molar-refractivity contribution in [2.75, 3.05) is 5.32 Å². The van der Waals surface area contributed by atoms with Gasteiger partial charge >= 0.3 is 0 Å². The minimum Gasteiger partial charge on any atom is -0.302 e. The summed E-state index contributed by atoms with van der Waals surface area (Å²) in [6, 6.07) is 3.87. The second kappa shape index (κ2) is 5.80. The lowest BCUT2D eigenvalue weighted by atomic mass is 9.86. The van der Waals surface area contributed by atoms with E-state index in [0.717, 1.165) is 23.1 Å². The predicted octanol–water partition coefficient (Wildman–Crippen LogP) is 3.97. The zero-order valence-corrected chi connectivity index (χ0v) is 13.2. The van der Waals surface area contributed by atoms with Gasteiger partial charge in [-0.15, -0.1) is 11.3 Å². The van der Waals surface area contributed by atoms with Crippen molar-refractivity contribution in [3.8, 4) is 11.3 Å². The van der Waals surface area contributed by atoms with Gasteiger partial charge in [-0.1, -0.05) is 6.42 Å². The third-order valence-corrected chi connectivity index (χ3v) is 5.80. The summed E-state index contributed by atoms with van der Waals surface area (Å²) in [5.41, 5.74) is 1.85. The molecule has 2 aliphatic carbocycles. The van der Waals surface area contributed by atoms with Gasteiger partial charge < -0.3 is 5.32 Å². The number of hydrogen-bond acceptors (Lipinski definition) is 4. The van der Waals surface area contributed by atoms with Gasteiger partial charge in [0.05, 0.1) is 5.69 Å². The first-order chi connectivity index (χ1) is 10.8. The molecule has 2 aliphatic rings. The lowest BCUT2D eigenvalue weighted by molar-refractivity contribution is -0.117. The molecule has 0 unspecified atom stereocenters. The number of carbonyl (C=O) groups is 1. The second-order valence-electron chi connectivity index (χ2n) is 6.47. The van der Waals surface area contributed by atoms with Crippen LogP contribution in [0.3, 0.4) is 0 Å². The maximum Gasteiger partial charge on any atom is 0.226 e. The predicted molar refractivity (Wildman–Crippen MR) is 87.5 cm³/mol. The Labute approximate surface area is 134 Å². The number of nitrogens with zero attached hydrogens (tertiary/aromatic N) is 2. The smallest absolute Gasteiger partial charge is 0.226 e. The van der Waals surface area contributed by atoms with E-state index >= 15 is 0 Å². The third-order valence-electron chi connectivity index (χ3n) is 5.04. The van der Waals surface area contributed by atoms with E-state index in [2.05, 4.69) is 15.3 Å². The lowest BCUT2D eigenvalue weighted by Gasteiger charge is -2.20. The number of hydrogen-bond donors (Lipinski definition) is 1. The van der Waals surface area contributed by atoms with Gasteiger partial charge in [0.25, 0.3) is 0 Å². The Hall–Kier alpha value is -1.75. The first-order valence-electron chi connectivity index (χ1n) is 7.93. The van der Waals surface area contributed by atoms with Crippen molar-refractivity contribution in [1.82, 2.24) is 9.97 Å². The van der Waals surface area contributed by atoms with Crippen LogP contribution in [-0.4, -0.2) is 15.9 Å². The molecule has 2 aromatic heterocycles. The molecule has 4 nitrogen and oxygen atoms in total. The van der Waals surface area contributed by atoms with Gasteiger partial charge in [-0.3, -0.25) is 9.78 Å². The van der Waals surface area contributed by atoms with E-state index in [1.165, 1.54) is 37.0 Å². The molecule has 22 heavy (non-hydrogen) atoms. The third kappa shape index (κ3) is 2.77. The number of thiazole rings is 1. The number of nitrogens with one attached hydrogen (secondary N) is 1. The van der Waals surface area contributed by atoms with Crippen LogP contribution in [0.5, 0.6) is 0 Å². The van der Waals surface area contributed by atoms with E-state index in [4.69, 9.17) is 0 Å². The Morgan fingerprint density at radius 1 is 1.36 bits per heavy atom. The fourth-order valence-corrected chi connectivity index (χ4v) is 4.75. The Kier molecular flexibility index (Phi) is 3.66. The molecule has 5 heteroatoms. The van der Waals surface area contributed by atoms with Gasteiger partial charge in [0.1, 0.15) is 0 Å². The van der Waals surface area contributed by atoms with Gasteiger partial charge in [0.2, 0.25) is 5.91 Å². The van der Waals surface area contributed by atoms with Crippen LogP contribution in [0, 0.1) is 17.8 Å². The SMILES string of the molecule is O=C(C[C@@H]1C[C@@H]2CC[C@@H]1C2)Nc1nc(-c2cccnc2)cs1. The summed E-state index contributed by atoms with van der Waals surface area (Å²) >= 11 is 1.48. The van der Waals surface area contributed by atoms with Crippen molar-refractivity contribution in [2.24, 2.45) is 17.8 Å². The minimum absolute atomic E-state index is 0.115. The van der Waals surface area contributed by atoms with Crippen LogP contribution in [-0.2, 0) is 4.79 Å². The molecule has 0 spiro atoms. The van der Waals surface area contributed by atoms with Gasteiger partial charge in [-0.05, 0) is 49.1 Å². The number of amides is 1. The Morgan fingerprint density at radius 2 is 2.32 bits per heavy atom. The molecule has 1 amide bonds. The quantitative estimate of drug-likeness (QED) is 0.929. The summed E-state index contributed by atoms with van der Waals surface area (Å²) in [6.45, 7) is 0. The molecule has 2 bridgehead atoms. The fraction of sp³-hybridized carbons (Fsp3) is 0.471. The Bertz CT molecular complexity index is 670. The molecule has 114 valence electrons. The van der Waals surface area contributed by atoms with Crippen LogP contribution in [0.15, 0.2) is 29.9 Å². The van der Waals surface area contributed by atoms with Crippen LogP contribution in [0.4, 0.5) is 5.13 Å². The molecule has 0 radical (unpaired) electrons. The van der Waals surface area contributed by atoms with Crippen molar-refractivity contribution >= 4 is 22.4 Å². The summed E-state index contributed by atoms with van der Waals surface area (Å²) < 4.78 is 0. The van der Waals surface area contributed by atoms with Gasteiger partial charge in [0.15, 0.2) is 5.13 Å². The molecule has 0 saturated heterocycles.